The van der Waals surface area contributed by atoms with Crippen molar-refractivity contribution in [2.75, 3.05) is 6.54 Å². The summed E-state index contributed by atoms with van der Waals surface area (Å²) in [7, 11) is 0. The monoisotopic (exact) mass is 303 g/mol. The second-order valence-corrected chi connectivity index (χ2v) is 5.67. The fourth-order valence-electron chi connectivity index (χ4n) is 2.25. The number of rotatable bonds is 5. The maximum atomic E-state index is 6.35. The van der Waals surface area contributed by atoms with Gasteiger partial charge in [-0.25, -0.2) is 0 Å². The molecule has 0 saturated carbocycles. The Labute approximate surface area is 132 Å². The van der Waals surface area contributed by atoms with E-state index in [0.29, 0.717) is 5.02 Å². The standard InChI is InChI=1S/C18H22ClNO/c1-5-20-11-15-7-6-8-16(19)18(15)21-17-13(3)10-9-12(2)14(17)4/h6-10,20H,5,11H2,1-4H3. The Balaban J connectivity index is 2.42. The van der Waals surface area contributed by atoms with Crippen molar-refractivity contribution in [2.24, 2.45) is 0 Å². The summed E-state index contributed by atoms with van der Waals surface area (Å²) in [4.78, 5) is 0. The number of nitrogens with one attached hydrogen (secondary N) is 1. The highest BCUT2D eigenvalue weighted by Gasteiger charge is 2.13. The van der Waals surface area contributed by atoms with Crippen LogP contribution in [0, 0.1) is 20.8 Å². The maximum Gasteiger partial charge on any atom is 0.150 e. The topological polar surface area (TPSA) is 21.3 Å². The minimum absolute atomic E-state index is 0.644. The molecule has 0 radical (unpaired) electrons. The van der Waals surface area contributed by atoms with E-state index in [4.69, 9.17) is 16.3 Å². The summed E-state index contributed by atoms with van der Waals surface area (Å²) in [6, 6.07) is 10.1. The Kier molecular flexibility index (Phi) is 5.27. The molecule has 0 aliphatic rings. The zero-order chi connectivity index (χ0) is 15.4. The van der Waals surface area contributed by atoms with Crippen LogP contribution in [-0.4, -0.2) is 6.54 Å². The summed E-state index contributed by atoms with van der Waals surface area (Å²) in [6.45, 7) is 9.97. The molecule has 2 aromatic carbocycles. The van der Waals surface area contributed by atoms with Crippen molar-refractivity contribution in [1.29, 1.82) is 0 Å². The second-order valence-electron chi connectivity index (χ2n) is 5.26. The number of hydrogen-bond acceptors (Lipinski definition) is 2. The Hall–Kier alpha value is -1.51. The van der Waals surface area contributed by atoms with Crippen LogP contribution in [0.4, 0.5) is 0 Å². The van der Waals surface area contributed by atoms with E-state index in [-0.39, 0.29) is 0 Å². The van der Waals surface area contributed by atoms with E-state index in [9.17, 15) is 0 Å². The SMILES string of the molecule is CCNCc1cccc(Cl)c1Oc1c(C)ccc(C)c1C. The summed E-state index contributed by atoms with van der Waals surface area (Å²) in [6.07, 6.45) is 0. The van der Waals surface area contributed by atoms with Crippen molar-refractivity contribution in [3.63, 3.8) is 0 Å². The number of para-hydroxylation sites is 1. The Bertz CT molecular complexity index is 637. The van der Waals surface area contributed by atoms with Crippen molar-refractivity contribution in [3.05, 3.63) is 57.6 Å². The Morgan fingerprint density at radius 3 is 2.43 bits per heavy atom. The van der Waals surface area contributed by atoms with Gasteiger partial charge in [-0.2, -0.15) is 0 Å². The highest BCUT2D eigenvalue weighted by Crippen LogP contribution is 2.36. The average Bonchev–Trinajstić information content (AvgIpc) is 2.47. The van der Waals surface area contributed by atoms with Gasteiger partial charge in [0.2, 0.25) is 0 Å². The van der Waals surface area contributed by atoms with Crippen LogP contribution in [0.3, 0.4) is 0 Å². The van der Waals surface area contributed by atoms with Crippen LogP contribution in [0.15, 0.2) is 30.3 Å². The van der Waals surface area contributed by atoms with Crippen molar-refractivity contribution < 1.29 is 4.74 Å². The van der Waals surface area contributed by atoms with Crippen LogP contribution in [-0.2, 0) is 6.54 Å². The summed E-state index contributed by atoms with van der Waals surface area (Å²) in [5.74, 6) is 1.65. The van der Waals surface area contributed by atoms with E-state index in [0.717, 1.165) is 41.3 Å². The molecule has 0 aliphatic heterocycles. The number of benzene rings is 2. The van der Waals surface area contributed by atoms with Gasteiger partial charge in [-0.15, -0.1) is 0 Å². The third kappa shape index (κ3) is 3.58. The van der Waals surface area contributed by atoms with Crippen LogP contribution >= 0.6 is 11.6 Å². The van der Waals surface area contributed by atoms with E-state index in [1.165, 1.54) is 5.56 Å². The molecule has 2 nitrogen and oxygen atoms in total. The van der Waals surface area contributed by atoms with Crippen molar-refractivity contribution in [2.45, 2.75) is 34.2 Å². The lowest BCUT2D eigenvalue weighted by Gasteiger charge is -2.17. The Morgan fingerprint density at radius 2 is 1.71 bits per heavy atom. The number of ether oxygens (including phenoxy) is 1. The molecule has 2 aromatic rings. The molecule has 2 rings (SSSR count). The van der Waals surface area contributed by atoms with Crippen LogP contribution in [0.5, 0.6) is 11.5 Å². The molecule has 21 heavy (non-hydrogen) atoms. The lowest BCUT2D eigenvalue weighted by molar-refractivity contribution is 0.466. The first-order chi connectivity index (χ1) is 10.0. The number of halogens is 1. The summed E-state index contributed by atoms with van der Waals surface area (Å²) in [5, 5.41) is 3.96. The molecule has 0 spiro atoms. The lowest BCUT2D eigenvalue weighted by atomic mass is 10.1. The van der Waals surface area contributed by atoms with Crippen LogP contribution < -0.4 is 10.1 Å². The molecule has 0 unspecified atom stereocenters. The second kappa shape index (κ2) is 6.97. The van der Waals surface area contributed by atoms with Gasteiger partial charge in [0.25, 0.3) is 0 Å². The van der Waals surface area contributed by atoms with Crippen LogP contribution in [0.2, 0.25) is 5.02 Å². The summed E-state index contributed by atoms with van der Waals surface area (Å²) < 4.78 is 6.21. The summed E-state index contributed by atoms with van der Waals surface area (Å²) >= 11 is 6.35. The number of aryl methyl sites for hydroxylation is 2. The first-order valence-electron chi connectivity index (χ1n) is 7.27. The van der Waals surface area contributed by atoms with Crippen molar-refractivity contribution >= 4 is 11.6 Å². The largest absolute Gasteiger partial charge is 0.455 e. The molecule has 1 N–H and O–H groups in total. The highest BCUT2D eigenvalue weighted by atomic mass is 35.5. The minimum atomic E-state index is 0.644. The van der Waals surface area contributed by atoms with Crippen molar-refractivity contribution in [3.8, 4) is 11.5 Å². The quantitative estimate of drug-likeness (QED) is 0.823. The van der Waals surface area contributed by atoms with Crippen molar-refractivity contribution in [1.82, 2.24) is 5.32 Å². The van der Waals surface area contributed by atoms with E-state index in [1.54, 1.807) is 0 Å². The molecule has 112 valence electrons. The number of hydrogen-bond donors (Lipinski definition) is 1. The zero-order valence-corrected chi connectivity index (χ0v) is 13.8. The highest BCUT2D eigenvalue weighted by molar-refractivity contribution is 6.32. The molecule has 0 aliphatic carbocycles. The summed E-state index contributed by atoms with van der Waals surface area (Å²) in [5.41, 5.74) is 4.57. The molecule has 0 fully saturated rings. The first kappa shape index (κ1) is 15.9. The maximum absolute atomic E-state index is 6.35. The van der Waals surface area contributed by atoms with Crippen LogP contribution in [0.25, 0.3) is 0 Å². The molecule has 3 heteroatoms. The fraction of sp³-hybridized carbons (Fsp3) is 0.333. The van der Waals surface area contributed by atoms with Gasteiger partial charge in [0.15, 0.2) is 5.75 Å². The van der Waals surface area contributed by atoms with Gasteiger partial charge in [-0.1, -0.05) is 42.8 Å². The molecule has 0 amide bonds. The molecule has 0 aromatic heterocycles. The lowest BCUT2D eigenvalue weighted by Crippen LogP contribution is -2.12. The normalized spacial score (nSPS) is 10.7. The van der Waals surface area contributed by atoms with Gasteiger partial charge in [-0.05, 0) is 50.1 Å². The van der Waals surface area contributed by atoms with Gasteiger partial charge in [0.05, 0.1) is 5.02 Å². The Morgan fingerprint density at radius 1 is 1.00 bits per heavy atom. The molecule has 0 bridgehead atoms. The predicted molar refractivity (Wildman–Crippen MR) is 89.6 cm³/mol. The zero-order valence-electron chi connectivity index (χ0n) is 13.1. The molecular weight excluding hydrogens is 282 g/mol. The predicted octanol–water partition coefficient (Wildman–Crippen LogP) is 5.17. The van der Waals surface area contributed by atoms with Gasteiger partial charge < -0.3 is 10.1 Å². The van der Waals surface area contributed by atoms with E-state index >= 15 is 0 Å². The molecule has 0 saturated heterocycles. The van der Waals surface area contributed by atoms with Gasteiger partial charge >= 0.3 is 0 Å². The van der Waals surface area contributed by atoms with Crippen LogP contribution in [0.1, 0.15) is 29.2 Å². The van der Waals surface area contributed by atoms with E-state index in [2.05, 4.69) is 45.1 Å². The smallest absolute Gasteiger partial charge is 0.150 e. The average molecular weight is 304 g/mol. The first-order valence-corrected chi connectivity index (χ1v) is 7.65. The molecular formula is C18H22ClNO. The fourth-order valence-corrected chi connectivity index (χ4v) is 2.48. The minimum Gasteiger partial charge on any atom is -0.455 e. The molecule has 0 atom stereocenters. The van der Waals surface area contributed by atoms with Gasteiger partial charge in [0, 0.05) is 12.1 Å². The van der Waals surface area contributed by atoms with Gasteiger partial charge in [-0.3, -0.25) is 0 Å². The van der Waals surface area contributed by atoms with E-state index < -0.39 is 0 Å². The third-order valence-corrected chi connectivity index (χ3v) is 3.99. The van der Waals surface area contributed by atoms with E-state index in [1.807, 2.05) is 18.2 Å². The third-order valence-electron chi connectivity index (χ3n) is 3.69. The molecule has 0 heterocycles. The van der Waals surface area contributed by atoms with Gasteiger partial charge in [0.1, 0.15) is 5.75 Å².